The van der Waals surface area contributed by atoms with E-state index in [0.29, 0.717) is 12.2 Å². The molecule has 1 unspecified atom stereocenters. The van der Waals surface area contributed by atoms with Crippen molar-refractivity contribution in [2.75, 3.05) is 0 Å². The highest BCUT2D eigenvalue weighted by Crippen LogP contribution is 2.08. The summed E-state index contributed by atoms with van der Waals surface area (Å²) in [6.07, 6.45) is 0. The van der Waals surface area contributed by atoms with Crippen LogP contribution in [0.3, 0.4) is 0 Å². The summed E-state index contributed by atoms with van der Waals surface area (Å²) < 4.78 is 19.6. The average molecular weight is 204 g/mol. The molecule has 1 atom stereocenters. The molecule has 4 N–H and O–H groups in total. The number of nitrogens with one attached hydrogen (secondary N) is 1. The number of nitrogens with zero attached hydrogens (tertiary/aromatic N) is 2. The van der Waals surface area contributed by atoms with Crippen LogP contribution in [0, 0.1) is 4.78 Å². The molecule has 1 aromatic heterocycles. The molecule has 0 aliphatic carbocycles. The summed E-state index contributed by atoms with van der Waals surface area (Å²) in [6.45, 7) is 2.18. The summed E-state index contributed by atoms with van der Waals surface area (Å²) in [5.74, 6) is 0. The quantitative estimate of drug-likeness (QED) is 0.628. The molecular weight excluding hydrogens is 192 g/mol. The van der Waals surface area contributed by atoms with Gasteiger partial charge in [-0.3, -0.25) is 4.68 Å². The van der Waals surface area contributed by atoms with Crippen molar-refractivity contribution < 1.29 is 9.32 Å². The molecule has 0 aromatic carbocycles. The van der Waals surface area contributed by atoms with Gasteiger partial charge in [-0.1, -0.05) is 0 Å². The molecular formula is C6H12N4O2S. The third-order valence-electron chi connectivity index (χ3n) is 1.61. The van der Waals surface area contributed by atoms with Crippen molar-refractivity contribution in [2.24, 2.45) is 5.14 Å². The van der Waals surface area contributed by atoms with Gasteiger partial charge in [0.1, 0.15) is 0 Å². The fraction of sp³-hybridized carbons (Fsp3) is 0.500. The van der Waals surface area contributed by atoms with E-state index in [1.165, 1.54) is 10.7 Å². The number of aliphatic hydroxyl groups is 1. The number of hydrogen-bond acceptors (Lipinski definition) is 4. The van der Waals surface area contributed by atoms with Crippen LogP contribution in [-0.2, 0) is 23.1 Å². The molecule has 0 saturated heterocycles. The minimum atomic E-state index is -3.27. The van der Waals surface area contributed by atoms with Crippen LogP contribution in [0.4, 0.5) is 0 Å². The van der Waals surface area contributed by atoms with E-state index >= 15 is 0 Å². The Morgan fingerprint density at radius 2 is 2.46 bits per heavy atom. The van der Waals surface area contributed by atoms with Gasteiger partial charge < -0.3 is 5.11 Å². The van der Waals surface area contributed by atoms with Crippen molar-refractivity contribution in [3.8, 4) is 0 Å². The first-order valence-corrected chi connectivity index (χ1v) is 5.35. The lowest BCUT2D eigenvalue weighted by molar-refractivity contribution is 0.268. The van der Waals surface area contributed by atoms with E-state index in [1.54, 1.807) is 0 Å². The molecule has 0 aliphatic heterocycles. The smallest absolute Gasteiger partial charge is 0.172 e. The lowest BCUT2D eigenvalue weighted by Crippen LogP contribution is -2.11. The first-order chi connectivity index (χ1) is 5.99. The number of hydrogen-bond donors (Lipinski definition) is 3. The molecule has 0 saturated carbocycles. The average Bonchev–Trinajstić information content (AvgIpc) is 2.45. The molecule has 6 nitrogen and oxygen atoms in total. The van der Waals surface area contributed by atoms with E-state index in [4.69, 9.17) is 15.0 Å². The summed E-state index contributed by atoms with van der Waals surface area (Å²) in [4.78, 5) is 0. The number of rotatable bonds is 3. The summed E-state index contributed by atoms with van der Waals surface area (Å²) in [6, 6.07) is 1.39. The van der Waals surface area contributed by atoms with Gasteiger partial charge in [-0.15, -0.1) is 0 Å². The maximum absolute atomic E-state index is 11.1. The summed E-state index contributed by atoms with van der Waals surface area (Å²) in [5, 5.41) is 17.8. The predicted molar refractivity (Wildman–Crippen MR) is 47.1 cm³/mol. The molecule has 74 valence electrons. The van der Waals surface area contributed by atoms with Crippen molar-refractivity contribution >= 4 is 9.92 Å². The molecule has 0 amide bonds. The van der Waals surface area contributed by atoms with E-state index < -0.39 is 9.92 Å². The van der Waals surface area contributed by atoms with E-state index in [2.05, 4.69) is 5.10 Å². The van der Waals surface area contributed by atoms with Gasteiger partial charge in [0, 0.05) is 12.6 Å². The summed E-state index contributed by atoms with van der Waals surface area (Å²) in [5.41, 5.74) is 0.517. The molecule has 0 fully saturated rings. The second-order valence-electron chi connectivity index (χ2n) is 2.55. The Labute approximate surface area is 76.5 Å². The highest BCUT2D eigenvalue weighted by Gasteiger charge is 2.11. The molecule has 13 heavy (non-hydrogen) atoms. The molecule has 1 rings (SSSR count). The third kappa shape index (κ3) is 2.06. The zero-order valence-corrected chi connectivity index (χ0v) is 8.04. The van der Waals surface area contributed by atoms with Gasteiger partial charge in [-0.2, -0.15) is 5.10 Å². The fourth-order valence-corrected chi connectivity index (χ4v) is 1.51. The van der Waals surface area contributed by atoms with Gasteiger partial charge >= 0.3 is 0 Å². The largest absolute Gasteiger partial charge is 0.390 e. The normalized spacial score (nSPS) is 15.6. The van der Waals surface area contributed by atoms with Crippen molar-refractivity contribution in [3.05, 3.63) is 11.8 Å². The minimum absolute atomic E-state index is 0.0124. The first-order valence-electron chi connectivity index (χ1n) is 3.73. The second-order valence-corrected chi connectivity index (χ2v) is 4.17. The highest BCUT2D eigenvalue weighted by atomic mass is 32.2. The number of aromatic nitrogens is 2. The number of nitrogens with two attached hydrogens (primary N) is 1. The maximum atomic E-state index is 11.1. The lowest BCUT2D eigenvalue weighted by atomic mass is 10.4. The highest BCUT2D eigenvalue weighted by molar-refractivity contribution is 7.90. The molecule has 1 heterocycles. The van der Waals surface area contributed by atoms with Gasteiger partial charge in [0.2, 0.25) is 0 Å². The molecule has 1 aromatic rings. The Kier molecular flexibility index (Phi) is 2.69. The van der Waals surface area contributed by atoms with Crippen LogP contribution in [0.25, 0.3) is 0 Å². The molecule has 0 bridgehead atoms. The van der Waals surface area contributed by atoms with Crippen LogP contribution in [0.5, 0.6) is 0 Å². The zero-order chi connectivity index (χ0) is 10.1. The van der Waals surface area contributed by atoms with E-state index in [1.807, 2.05) is 6.92 Å². The topological polar surface area (TPSA) is 105 Å². The fourth-order valence-electron chi connectivity index (χ4n) is 0.978. The van der Waals surface area contributed by atoms with Gasteiger partial charge in [-0.25, -0.2) is 14.1 Å². The monoisotopic (exact) mass is 204 g/mol. The SMILES string of the molecule is CCn1nc(S(=N)(N)=O)cc1CO. The van der Waals surface area contributed by atoms with Crippen molar-refractivity contribution in [1.82, 2.24) is 9.78 Å². The molecule has 0 radical (unpaired) electrons. The predicted octanol–water partition coefficient (Wildman–Crippen LogP) is -0.325. The van der Waals surface area contributed by atoms with Gasteiger partial charge in [-0.05, 0) is 6.92 Å². The summed E-state index contributed by atoms with van der Waals surface area (Å²) >= 11 is 0. The van der Waals surface area contributed by atoms with Gasteiger partial charge in [0.15, 0.2) is 14.9 Å². The lowest BCUT2D eigenvalue weighted by Gasteiger charge is -1.98. The second kappa shape index (κ2) is 3.44. The van der Waals surface area contributed by atoms with E-state index in [0.717, 1.165) is 0 Å². The Balaban J connectivity index is 3.22. The van der Waals surface area contributed by atoms with Crippen LogP contribution in [0.1, 0.15) is 12.6 Å². The zero-order valence-electron chi connectivity index (χ0n) is 7.23. The van der Waals surface area contributed by atoms with Crippen LogP contribution in [0.2, 0.25) is 0 Å². The van der Waals surface area contributed by atoms with Gasteiger partial charge in [0.25, 0.3) is 0 Å². The third-order valence-corrected chi connectivity index (χ3v) is 2.43. The Hall–Kier alpha value is -0.920. The molecule has 0 aliphatic rings. The van der Waals surface area contributed by atoms with Crippen molar-refractivity contribution in [3.63, 3.8) is 0 Å². The van der Waals surface area contributed by atoms with Crippen LogP contribution in [0.15, 0.2) is 11.1 Å². The Morgan fingerprint density at radius 3 is 2.77 bits per heavy atom. The first kappa shape index (κ1) is 10.2. The standard InChI is InChI=1S/C6H12N4O2S/c1-2-10-5(4-11)3-6(9-10)13(7,8)12/h3,11H,2,4H2,1H3,(H3,7,8,12). The maximum Gasteiger partial charge on any atom is 0.172 e. The number of aliphatic hydroxyl groups excluding tert-OH is 1. The van der Waals surface area contributed by atoms with Crippen molar-refractivity contribution in [2.45, 2.75) is 25.1 Å². The molecule has 0 spiro atoms. The van der Waals surface area contributed by atoms with Crippen LogP contribution < -0.4 is 5.14 Å². The van der Waals surface area contributed by atoms with Gasteiger partial charge in [0.05, 0.1) is 12.3 Å². The molecule has 7 heteroatoms. The van der Waals surface area contributed by atoms with E-state index in [9.17, 15) is 4.21 Å². The minimum Gasteiger partial charge on any atom is -0.390 e. The number of aryl methyl sites for hydroxylation is 1. The van der Waals surface area contributed by atoms with Crippen LogP contribution in [-0.4, -0.2) is 19.1 Å². The Morgan fingerprint density at radius 1 is 1.85 bits per heavy atom. The Bertz CT molecular complexity index is 373. The van der Waals surface area contributed by atoms with E-state index in [-0.39, 0.29) is 11.6 Å². The van der Waals surface area contributed by atoms with Crippen LogP contribution >= 0.6 is 0 Å². The van der Waals surface area contributed by atoms with Crippen molar-refractivity contribution in [1.29, 1.82) is 4.78 Å². The summed E-state index contributed by atoms with van der Waals surface area (Å²) in [7, 11) is -3.27.